The highest BCUT2D eigenvalue weighted by Gasteiger charge is 2.18. The molecule has 0 bridgehead atoms. The number of Topliss-reactive ketones (excluding diaryl/α,β-unsaturated/α-hetero) is 1. The van der Waals surface area contributed by atoms with E-state index in [1.165, 1.54) is 18.3 Å². The van der Waals surface area contributed by atoms with Crippen molar-refractivity contribution < 1.29 is 19.1 Å². The van der Waals surface area contributed by atoms with Crippen molar-refractivity contribution in [3.05, 3.63) is 87.1 Å². The predicted molar refractivity (Wildman–Crippen MR) is 138 cm³/mol. The number of hydrogen-bond acceptors (Lipinski definition) is 6. The van der Waals surface area contributed by atoms with Crippen LogP contribution in [0.5, 0.6) is 0 Å². The fourth-order valence-corrected chi connectivity index (χ4v) is 4.82. The Kier molecular flexibility index (Phi) is 7.36. The first kappa shape index (κ1) is 24.3. The van der Waals surface area contributed by atoms with Gasteiger partial charge in [0.2, 0.25) is 11.7 Å². The van der Waals surface area contributed by atoms with Crippen LogP contribution in [0.1, 0.15) is 43.0 Å². The van der Waals surface area contributed by atoms with Crippen molar-refractivity contribution in [2.75, 3.05) is 13.2 Å². The number of ketones is 1. The number of carbonyl (C=O) groups is 3. The summed E-state index contributed by atoms with van der Waals surface area (Å²) in [6, 6.07) is 18.8. The number of rotatable bonds is 8. The Hall–Kier alpha value is -3.84. The normalized spacial score (nSPS) is 10.8. The van der Waals surface area contributed by atoms with Crippen molar-refractivity contribution in [1.29, 1.82) is 0 Å². The summed E-state index contributed by atoms with van der Waals surface area (Å²) in [4.78, 5) is 43.0. The Balaban J connectivity index is 1.52. The van der Waals surface area contributed by atoms with Gasteiger partial charge in [0.15, 0.2) is 6.61 Å². The summed E-state index contributed by atoms with van der Waals surface area (Å²) in [6.45, 7) is 5.68. The highest BCUT2D eigenvalue weighted by atomic mass is 32.1. The Morgan fingerprint density at radius 2 is 1.80 bits per heavy atom. The molecule has 0 aliphatic rings. The van der Waals surface area contributed by atoms with Crippen LogP contribution in [0.2, 0.25) is 0 Å². The number of ether oxygens (including phenoxy) is 1. The van der Waals surface area contributed by atoms with Gasteiger partial charge in [-0.2, -0.15) is 0 Å². The van der Waals surface area contributed by atoms with Crippen molar-refractivity contribution in [3.63, 3.8) is 0 Å². The summed E-state index contributed by atoms with van der Waals surface area (Å²) in [7, 11) is 0. The first-order chi connectivity index (χ1) is 16.8. The van der Waals surface area contributed by atoms with Crippen molar-refractivity contribution in [2.45, 2.75) is 27.2 Å². The molecule has 2 aromatic heterocycles. The number of carbonyl (C=O) groups excluding carboxylic acids is 3. The third-order valence-electron chi connectivity index (χ3n) is 5.61. The third-order valence-corrected chi connectivity index (χ3v) is 6.80. The fraction of sp³-hybridized carbons (Fsp3) is 0.214. The van der Waals surface area contributed by atoms with Gasteiger partial charge in [-0.15, -0.1) is 11.3 Å². The van der Waals surface area contributed by atoms with E-state index in [0.717, 1.165) is 21.6 Å². The zero-order valence-electron chi connectivity index (χ0n) is 19.9. The summed E-state index contributed by atoms with van der Waals surface area (Å²) in [6.07, 6.45) is 0.640. The molecule has 178 valence electrons. The highest BCUT2D eigenvalue weighted by Crippen LogP contribution is 2.28. The topological polar surface area (TPSA) is 85.4 Å². The van der Waals surface area contributed by atoms with Crippen molar-refractivity contribution in [3.8, 4) is 11.3 Å². The minimum Gasteiger partial charge on any atom is -0.454 e. The van der Waals surface area contributed by atoms with Gasteiger partial charge in [0.25, 0.3) is 0 Å². The number of pyridine rings is 1. The van der Waals surface area contributed by atoms with Crippen LogP contribution < -0.4 is 5.32 Å². The van der Waals surface area contributed by atoms with Gasteiger partial charge in [0, 0.05) is 29.3 Å². The third kappa shape index (κ3) is 5.81. The number of thiophene rings is 1. The monoisotopic (exact) mass is 486 g/mol. The van der Waals surface area contributed by atoms with Gasteiger partial charge in [-0.25, -0.2) is 9.78 Å². The molecule has 1 N–H and O–H groups in total. The molecular weight excluding hydrogens is 460 g/mol. The summed E-state index contributed by atoms with van der Waals surface area (Å²) < 4.78 is 5.45. The molecule has 0 saturated heterocycles. The lowest BCUT2D eigenvalue weighted by Crippen LogP contribution is -2.22. The van der Waals surface area contributed by atoms with Crippen LogP contribution in [-0.4, -0.2) is 35.8 Å². The number of nitrogens with one attached hydrogen (secondary N) is 1. The molecule has 0 atom stereocenters. The smallest absolute Gasteiger partial charge is 0.339 e. The van der Waals surface area contributed by atoms with Crippen molar-refractivity contribution >= 4 is 39.9 Å². The second-order valence-electron chi connectivity index (χ2n) is 8.39. The molecule has 0 aliphatic heterocycles. The maximum atomic E-state index is 13.1. The molecule has 0 saturated carbocycles. The van der Waals surface area contributed by atoms with Gasteiger partial charge >= 0.3 is 5.97 Å². The minimum atomic E-state index is -0.564. The van der Waals surface area contributed by atoms with E-state index in [-0.39, 0.29) is 18.3 Å². The largest absolute Gasteiger partial charge is 0.454 e. The van der Waals surface area contributed by atoms with Crippen LogP contribution in [-0.2, 0) is 16.0 Å². The maximum Gasteiger partial charge on any atom is 0.339 e. The predicted octanol–water partition coefficient (Wildman–Crippen LogP) is 5.30. The van der Waals surface area contributed by atoms with Gasteiger partial charge < -0.3 is 10.1 Å². The summed E-state index contributed by atoms with van der Waals surface area (Å²) in [5.74, 6) is -0.915. The number of nitrogens with zero attached hydrogens (tertiary/aromatic N) is 1. The van der Waals surface area contributed by atoms with E-state index in [1.807, 2.05) is 56.3 Å². The van der Waals surface area contributed by atoms with Gasteiger partial charge in [0.1, 0.15) is 0 Å². The van der Waals surface area contributed by atoms with Crippen LogP contribution >= 0.6 is 11.3 Å². The molecule has 1 amide bonds. The van der Waals surface area contributed by atoms with Gasteiger partial charge in [-0.05, 0) is 50.1 Å². The molecule has 0 aliphatic carbocycles. The first-order valence-electron chi connectivity index (χ1n) is 11.3. The highest BCUT2D eigenvalue weighted by molar-refractivity contribution is 7.14. The number of fused-ring (bicyclic) bond motifs is 1. The lowest BCUT2D eigenvalue weighted by Gasteiger charge is -2.11. The van der Waals surface area contributed by atoms with E-state index in [9.17, 15) is 14.4 Å². The Labute approximate surface area is 208 Å². The second-order valence-corrected chi connectivity index (χ2v) is 9.56. The molecule has 35 heavy (non-hydrogen) atoms. The van der Waals surface area contributed by atoms with Gasteiger partial charge in [-0.3, -0.25) is 9.59 Å². The standard InChI is InChI=1S/C28H26N2O4S/c1-17-8-10-21(18(2)14-17)25-15-23(22-6-4-5-7-24(22)30-25)28(33)34-16-26(32)27-11-9-20(35-27)12-13-29-19(3)31/h4-11,14-15H,12-13,16H2,1-3H3,(H,29,31). The molecule has 4 rings (SSSR count). The average Bonchev–Trinajstić information content (AvgIpc) is 3.30. The SMILES string of the molecule is CC(=O)NCCc1ccc(C(=O)COC(=O)c2cc(-c3ccc(C)cc3C)nc3ccccc23)s1. The van der Waals surface area contributed by atoms with E-state index in [4.69, 9.17) is 9.72 Å². The molecule has 6 nitrogen and oxygen atoms in total. The quantitative estimate of drug-likeness (QED) is 0.270. The van der Waals surface area contributed by atoms with Gasteiger partial charge in [-0.1, -0.05) is 42.0 Å². The number of para-hydroxylation sites is 1. The van der Waals surface area contributed by atoms with E-state index >= 15 is 0 Å². The van der Waals surface area contributed by atoms with E-state index in [2.05, 4.69) is 11.4 Å². The Bertz CT molecular complexity index is 1420. The minimum absolute atomic E-state index is 0.0888. The molecule has 0 radical (unpaired) electrons. The lowest BCUT2D eigenvalue weighted by molar-refractivity contribution is -0.118. The maximum absolute atomic E-state index is 13.1. The molecule has 2 aromatic carbocycles. The van der Waals surface area contributed by atoms with Crippen molar-refractivity contribution in [2.24, 2.45) is 0 Å². The van der Waals surface area contributed by atoms with Crippen LogP contribution in [0, 0.1) is 13.8 Å². The van der Waals surface area contributed by atoms with E-state index in [1.54, 1.807) is 12.1 Å². The van der Waals surface area contributed by atoms with Gasteiger partial charge in [0.05, 0.1) is 21.7 Å². The summed E-state index contributed by atoms with van der Waals surface area (Å²) in [5, 5.41) is 3.41. The van der Waals surface area contributed by atoms with Crippen LogP contribution in [0.25, 0.3) is 22.2 Å². The fourth-order valence-electron chi connectivity index (χ4n) is 3.89. The molecule has 0 spiro atoms. The van der Waals surface area contributed by atoms with Crippen LogP contribution in [0.15, 0.2) is 60.7 Å². The molecule has 4 aromatic rings. The van der Waals surface area contributed by atoms with Crippen LogP contribution in [0.4, 0.5) is 0 Å². The zero-order chi connectivity index (χ0) is 24.9. The Morgan fingerprint density at radius 1 is 1.00 bits per heavy atom. The second kappa shape index (κ2) is 10.6. The lowest BCUT2D eigenvalue weighted by atomic mass is 9.99. The molecule has 7 heteroatoms. The number of benzene rings is 2. The molecule has 0 fully saturated rings. The Morgan fingerprint density at radius 3 is 2.57 bits per heavy atom. The number of aryl methyl sites for hydroxylation is 2. The van der Waals surface area contributed by atoms with Crippen molar-refractivity contribution in [1.82, 2.24) is 10.3 Å². The zero-order valence-corrected chi connectivity index (χ0v) is 20.7. The number of aromatic nitrogens is 1. The summed E-state index contributed by atoms with van der Waals surface area (Å²) in [5.41, 5.74) is 4.90. The molecular formula is C28H26N2O4S. The molecule has 0 unspecified atom stereocenters. The number of esters is 1. The van der Waals surface area contributed by atoms with E-state index < -0.39 is 5.97 Å². The first-order valence-corrected chi connectivity index (χ1v) is 12.1. The summed E-state index contributed by atoms with van der Waals surface area (Å²) >= 11 is 1.34. The number of hydrogen-bond donors (Lipinski definition) is 1. The van der Waals surface area contributed by atoms with Crippen LogP contribution in [0.3, 0.4) is 0 Å². The molecule has 2 heterocycles. The average molecular weight is 487 g/mol. The van der Waals surface area contributed by atoms with E-state index in [0.29, 0.717) is 40.0 Å². The number of amides is 1.